The van der Waals surface area contributed by atoms with Crippen LogP contribution in [-0.4, -0.2) is 16.7 Å². The van der Waals surface area contributed by atoms with Crippen LogP contribution in [0, 0.1) is 11.3 Å². The van der Waals surface area contributed by atoms with Crippen molar-refractivity contribution in [1.29, 1.82) is 5.26 Å². The Morgan fingerprint density at radius 3 is 2.42 bits per heavy atom. The lowest BCUT2D eigenvalue weighted by molar-refractivity contribution is -0.137. The van der Waals surface area contributed by atoms with Crippen LogP contribution in [0.5, 0.6) is 0 Å². The fourth-order valence-corrected chi connectivity index (χ4v) is 3.85. The van der Waals surface area contributed by atoms with E-state index in [4.69, 9.17) is 5.26 Å². The number of benzene rings is 3. The lowest BCUT2D eigenvalue weighted by Gasteiger charge is -2.25. The van der Waals surface area contributed by atoms with E-state index in [9.17, 15) is 22.8 Å². The molecule has 2 amide bonds. The van der Waals surface area contributed by atoms with Crippen LogP contribution >= 0.6 is 0 Å². The van der Waals surface area contributed by atoms with Crippen LogP contribution in [0.4, 0.5) is 13.2 Å². The highest BCUT2D eigenvalue weighted by Crippen LogP contribution is 2.35. The Morgan fingerprint density at radius 1 is 1.00 bits per heavy atom. The van der Waals surface area contributed by atoms with Crippen LogP contribution in [0.1, 0.15) is 44.2 Å². The van der Waals surface area contributed by atoms with E-state index in [0.29, 0.717) is 22.3 Å². The van der Waals surface area contributed by atoms with Gasteiger partial charge in [0.15, 0.2) is 0 Å². The standard InChI is InChI=1S/C25H18F3N3O2/c26-25(27,28)19-10-8-16(9-11-19)15-31-22(20-6-1-2-7-21(20)24(31)33)23(32)30-14-18-5-3-4-17(12-18)13-29/h1-12,22H,14-15H2,(H,30,32). The molecule has 1 N–H and O–H groups in total. The van der Waals surface area contributed by atoms with Gasteiger partial charge in [0.25, 0.3) is 5.91 Å². The average Bonchev–Trinajstić information content (AvgIpc) is 3.09. The van der Waals surface area contributed by atoms with Crippen LogP contribution in [0.3, 0.4) is 0 Å². The highest BCUT2D eigenvalue weighted by molar-refractivity contribution is 6.04. The summed E-state index contributed by atoms with van der Waals surface area (Å²) in [6, 6.07) is 19.2. The molecule has 1 aliphatic rings. The number of halogens is 3. The first kappa shape index (κ1) is 22.1. The summed E-state index contributed by atoms with van der Waals surface area (Å²) in [6.07, 6.45) is -4.45. The van der Waals surface area contributed by atoms with Gasteiger partial charge in [-0.1, -0.05) is 42.5 Å². The summed E-state index contributed by atoms with van der Waals surface area (Å²) in [5.41, 5.74) is 1.81. The number of nitrogens with one attached hydrogen (secondary N) is 1. The molecule has 4 rings (SSSR count). The summed E-state index contributed by atoms with van der Waals surface area (Å²) < 4.78 is 38.6. The molecule has 1 atom stereocenters. The predicted octanol–water partition coefficient (Wildman–Crippen LogP) is 4.59. The molecule has 0 bridgehead atoms. The van der Waals surface area contributed by atoms with Crippen molar-refractivity contribution >= 4 is 11.8 Å². The first-order chi connectivity index (χ1) is 15.8. The van der Waals surface area contributed by atoms with Gasteiger partial charge in [-0.25, -0.2) is 0 Å². The number of rotatable bonds is 5. The minimum Gasteiger partial charge on any atom is -0.350 e. The molecule has 1 unspecified atom stereocenters. The number of carbonyl (C=O) groups excluding carboxylic acids is 2. The Hall–Kier alpha value is -4.12. The van der Waals surface area contributed by atoms with Crippen LogP contribution < -0.4 is 5.32 Å². The van der Waals surface area contributed by atoms with Crippen molar-refractivity contribution in [3.8, 4) is 6.07 Å². The Bertz CT molecular complexity index is 1250. The minimum atomic E-state index is -4.45. The Kier molecular flexibility index (Phi) is 5.88. The van der Waals surface area contributed by atoms with E-state index < -0.39 is 23.7 Å². The van der Waals surface area contributed by atoms with E-state index in [1.54, 1.807) is 48.5 Å². The Balaban J connectivity index is 1.57. The van der Waals surface area contributed by atoms with E-state index >= 15 is 0 Å². The second kappa shape index (κ2) is 8.79. The average molecular weight is 449 g/mol. The molecule has 166 valence electrons. The largest absolute Gasteiger partial charge is 0.416 e. The third-order valence-electron chi connectivity index (χ3n) is 5.46. The van der Waals surface area contributed by atoms with E-state index in [2.05, 4.69) is 5.32 Å². The Labute approximate surface area is 188 Å². The molecule has 3 aromatic carbocycles. The van der Waals surface area contributed by atoms with Crippen molar-refractivity contribution in [3.05, 3.63) is 106 Å². The summed E-state index contributed by atoms with van der Waals surface area (Å²) in [5.74, 6) is -0.778. The summed E-state index contributed by atoms with van der Waals surface area (Å²) in [4.78, 5) is 27.5. The molecule has 0 saturated heterocycles. The molecule has 0 spiro atoms. The first-order valence-corrected chi connectivity index (χ1v) is 10.1. The zero-order valence-electron chi connectivity index (χ0n) is 17.3. The lowest BCUT2D eigenvalue weighted by Crippen LogP contribution is -2.38. The third-order valence-corrected chi connectivity index (χ3v) is 5.46. The van der Waals surface area contributed by atoms with E-state index in [1.807, 2.05) is 6.07 Å². The number of carbonyl (C=O) groups is 2. The SMILES string of the molecule is N#Cc1cccc(CNC(=O)C2c3ccccc3C(=O)N2Cc2ccc(C(F)(F)F)cc2)c1. The molecule has 8 heteroatoms. The maximum atomic E-state index is 13.1. The molecule has 0 saturated carbocycles. The van der Waals surface area contributed by atoms with Gasteiger partial charge in [0.05, 0.1) is 17.2 Å². The maximum Gasteiger partial charge on any atom is 0.416 e. The summed E-state index contributed by atoms with van der Waals surface area (Å²) in [7, 11) is 0. The smallest absolute Gasteiger partial charge is 0.350 e. The zero-order valence-corrected chi connectivity index (χ0v) is 17.3. The van der Waals surface area contributed by atoms with Gasteiger partial charge in [0.2, 0.25) is 5.91 Å². The number of fused-ring (bicyclic) bond motifs is 1. The van der Waals surface area contributed by atoms with Crippen molar-refractivity contribution in [2.45, 2.75) is 25.3 Å². The highest BCUT2D eigenvalue weighted by atomic mass is 19.4. The van der Waals surface area contributed by atoms with Crippen LogP contribution in [-0.2, 0) is 24.1 Å². The van der Waals surface area contributed by atoms with E-state index in [-0.39, 0.29) is 19.0 Å². The van der Waals surface area contributed by atoms with Crippen molar-refractivity contribution < 1.29 is 22.8 Å². The van der Waals surface area contributed by atoms with Crippen molar-refractivity contribution in [3.63, 3.8) is 0 Å². The molecule has 5 nitrogen and oxygen atoms in total. The lowest BCUT2D eigenvalue weighted by atomic mass is 10.0. The molecule has 0 radical (unpaired) electrons. The van der Waals surface area contributed by atoms with Gasteiger partial charge in [-0.3, -0.25) is 9.59 Å². The van der Waals surface area contributed by atoms with Gasteiger partial charge in [-0.15, -0.1) is 0 Å². The highest BCUT2D eigenvalue weighted by Gasteiger charge is 2.40. The van der Waals surface area contributed by atoms with Crippen LogP contribution in [0.15, 0.2) is 72.8 Å². The number of hydrogen-bond donors (Lipinski definition) is 1. The van der Waals surface area contributed by atoms with E-state index in [1.165, 1.54) is 17.0 Å². The van der Waals surface area contributed by atoms with Crippen molar-refractivity contribution in [2.75, 3.05) is 0 Å². The molecule has 0 aromatic heterocycles. The third kappa shape index (κ3) is 4.58. The Morgan fingerprint density at radius 2 is 1.73 bits per heavy atom. The van der Waals surface area contributed by atoms with Gasteiger partial charge in [-0.05, 0) is 47.0 Å². The van der Waals surface area contributed by atoms with Gasteiger partial charge in [-0.2, -0.15) is 18.4 Å². The number of alkyl halides is 3. The molecular formula is C25H18F3N3O2. The van der Waals surface area contributed by atoms with Crippen molar-refractivity contribution in [2.24, 2.45) is 0 Å². The number of hydrogen-bond acceptors (Lipinski definition) is 3. The summed E-state index contributed by atoms with van der Waals surface area (Å²) in [5, 5.41) is 11.9. The van der Waals surface area contributed by atoms with Crippen molar-refractivity contribution in [1.82, 2.24) is 10.2 Å². The van der Waals surface area contributed by atoms with Crippen LogP contribution in [0.2, 0.25) is 0 Å². The molecule has 0 fully saturated rings. The first-order valence-electron chi connectivity index (χ1n) is 10.1. The molecule has 0 aliphatic carbocycles. The van der Waals surface area contributed by atoms with Crippen LogP contribution in [0.25, 0.3) is 0 Å². The fraction of sp³-hybridized carbons (Fsp3) is 0.160. The molecule has 33 heavy (non-hydrogen) atoms. The zero-order chi connectivity index (χ0) is 23.6. The topological polar surface area (TPSA) is 73.2 Å². The van der Waals surface area contributed by atoms with Gasteiger partial charge in [0.1, 0.15) is 6.04 Å². The second-order valence-electron chi connectivity index (χ2n) is 7.65. The molecule has 1 aliphatic heterocycles. The monoisotopic (exact) mass is 449 g/mol. The number of nitrogens with zero attached hydrogens (tertiary/aromatic N) is 2. The quantitative estimate of drug-likeness (QED) is 0.619. The fourth-order valence-electron chi connectivity index (χ4n) is 3.85. The van der Waals surface area contributed by atoms with Gasteiger partial charge in [0, 0.05) is 18.7 Å². The van der Waals surface area contributed by atoms with Gasteiger partial charge >= 0.3 is 6.18 Å². The molecular weight excluding hydrogens is 431 g/mol. The predicted molar refractivity (Wildman–Crippen MR) is 114 cm³/mol. The van der Waals surface area contributed by atoms with Gasteiger partial charge < -0.3 is 10.2 Å². The molecule has 1 heterocycles. The molecule has 3 aromatic rings. The minimum absolute atomic E-state index is 0.0202. The number of amides is 2. The summed E-state index contributed by atoms with van der Waals surface area (Å²) >= 11 is 0. The second-order valence-corrected chi connectivity index (χ2v) is 7.65. The maximum absolute atomic E-state index is 13.1. The normalized spacial score (nSPS) is 15.2. The van der Waals surface area contributed by atoms with E-state index in [0.717, 1.165) is 17.7 Å². The number of nitriles is 1. The summed E-state index contributed by atoms with van der Waals surface area (Å²) in [6.45, 7) is 0.142.